The van der Waals surface area contributed by atoms with E-state index in [9.17, 15) is 8.78 Å². The SMILES string of the molecule is CC/C(C)=C/C(=C\NC(F)F)CO. The first-order valence-electron chi connectivity index (χ1n) is 4.11. The van der Waals surface area contributed by atoms with E-state index in [0.29, 0.717) is 5.57 Å². The summed E-state index contributed by atoms with van der Waals surface area (Å²) in [4.78, 5) is 0. The van der Waals surface area contributed by atoms with Gasteiger partial charge in [-0.2, -0.15) is 8.78 Å². The lowest BCUT2D eigenvalue weighted by Crippen LogP contribution is -2.13. The van der Waals surface area contributed by atoms with E-state index < -0.39 is 6.55 Å². The van der Waals surface area contributed by atoms with Crippen LogP contribution in [0.3, 0.4) is 0 Å². The monoisotopic (exact) mass is 191 g/mol. The Morgan fingerprint density at radius 1 is 1.54 bits per heavy atom. The lowest BCUT2D eigenvalue weighted by Gasteiger charge is -2.02. The Labute approximate surface area is 77.0 Å². The van der Waals surface area contributed by atoms with Crippen molar-refractivity contribution in [3.8, 4) is 0 Å². The highest BCUT2D eigenvalue weighted by Gasteiger charge is 1.97. The molecule has 0 rings (SSSR count). The molecule has 2 N–H and O–H groups in total. The molecule has 0 spiro atoms. The molecule has 0 atom stereocenters. The van der Waals surface area contributed by atoms with E-state index in [-0.39, 0.29) is 6.61 Å². The minimum atomic E-state index is -2.59. The predicted octanol–water partition coefficient (Wildman–Crippen LogP) is 2.03. The molecular weight excluding hydrogens is 176 g/mol. The van der Waals surface area contributed by atoms with Crippen LogP contribution < -0.4 is 5.32 Å². The first kappa shape index (κ1) is 12.1. The quantitative estimate of drug-likeness (QED) is 0.514. The molecule has 0 saturated heterocycles. The van der Waals surface area contributed by atoms with Crippen LogP contribution in [-0.2, 0) is 0 Å². The molecule has 0 saturated carbocycles. The average molecular weight is 191 g/mol. The van der Waals surface area contributed by atoms with Gasteiger partial charge in [-0.1, -0.05) is 18.6 Å². The van der Waals surface area contributed by atoms with Crippen LogP contribution in [0.15, 0.2) is 23.4 Å². The van der Waals surface area contributed by atoms with Crippen LogP contribution in [0.2, 0.25) is 0 Å². The molecule has 0 aliphatic heterocycles. The van der Waals surface area contributed by atoms with Crippen LogP contribution in [0.5, 0.6) is 0 Å². The number of alkyl halides is 2. The molecular formula is C9H15F2NO. The molecule has 0 heterocycles. The molecule has 0 fully saturated rings. The molecule has 4 heteroatoms. The summed E-state index contributed by atoms with van der Waals surface area (Å²) in [7, 11) is 0. The van der Waals surface area contributed by atoms with Crippen molar-refractivity contribution in [3.63, 3.8) is 0 Å². The highest BCUT2D eigenvalue weighted by molar-refractivity contribution is 5.22. The third kappa shape index (κ3) is 6.28. The van der Waals surface area contributed by atoms with E-state index in [0.717, 1.165) is 18.2 Å². The van der Waals surface area contributed by atoms with Gasteiger partial charge in [-0.3, -0.25) is 0 Å². The van der Waals surface area contributed by atoms with Gasteiger partial charge in [0.1, 0.15) is 0 Å². The summed E-state index contributed by atoms with van der Waals surface area (Å²) in [5.74, 6) is 0. The summed E-state index contributed by atoms with van der Waals surface area (Å²) in [5, 5.41) is 10.6. The second kappa shape index (κ2) is 6.60. The van der Waals surface area contributed by atoms with Crippen LogP contribution >= 0.6 is 0 Å². The van der Waals surface area contributed by atoms with Crippen molar-refractivity contribution in [2.24, 2.45) is 0 Å². The summed E-state index contributed by atoms with van der Waals surface area (Å²) in [6, 6.07) is 0. The highest BCUT2D eigenvalue weighted by Crippen LogP contribution is 2.04. The van der Waals surface area contributed by atoms with Crippen LogP contribution in [0.25, 0.3) is 0 Å². The molecule has 0 aromatic rings. The number of halogens is 2. The molecule has 0 aromatic carbocycles. The maximum Gasteiger partial charge on any atom is 0.312 e. The summed E-state index contributed by atoms with van der Waals surface area (Å²) in [6.45, 7) is 1.02. The van der Waals surface area contributed by atoms with E-state index >= 15 is 0 Å². The first-order chi connectivity index (χ1) is 6.10. The summed E-state index contributed by atoms with van der Waals surface area (Å²) < 4.78 is 23.4. The van der Waals surface area contributed by atoms with Gasteiger partial charge in [0.05, 0.1) is 6.61 Å². The van der Waals surface area contributed by atoms with Crippen molar-refractivity contribution in [2.45, 2.75) is 26.8 Å². The summed E-state index contributed by atoms with van der Waals surface area (Å²) in [5.41, 5.74) is 1.50. The number of aliphatic hydroxyl groups is 1. The zero-order chi connectivity index (χ0) is 10.3. The zero-order valence-electron chi connectivity index (χ0n) is 7.85. The van der Waals surface area contributed by atoms with Crippen molar-refractivity contribution < 1.29 is 13.9 Å². The lowest BCUT2D eigenvalue weighted by atomic mass is 10.1. The fourth-order valence-electron chi connectivity index (χ4n) is 0.722. The second-order valence-electron chi connectivity index (χ2n) is 2.69. The van der Waals surface area contributed by atoms with Crippen molar-refractivity contribution >= 4 is 0 Å². The summed E-state index contributed by atoms with van der Waals surface area (Å²) >= 11 is 0. The smallest absolute Gasteiger partial charge is 0.312 e. The fraction of sp³-hybridized carbons (Fsp3) is 0.556. The number of hydrogen-bond donors (Lipinski definition) is 2. The number of aliphatic hydroxyl groups excluding tert-OH is 1. The molecule has 13 heavy (non-hydrogen) atoms. The molecule has 0 aliphatic rings. The fourth-order valence-corrected chi connectivity index (χ4v) is 0.722. The van der Waals surface area contributed by atoms with Crippen molar-refractivity contribution in [1.82, 2.24) is 5.32 Å². The Balaban J connectivity index is 4.24. The minimum Gasteiger partial charge on any atom is -0.392 e. The lowest BCUT2D eigenvalue weighted by molar-refractivity contribution is 0.124. The van der Waals surface area contributed by atoms with E-state index in [1.807, 2.05) is 19.2 Å². The van der Waals surface area contributed by atoms with Crippen LogP contribution in [0, 0.1) is 0 Å². The number of allylic oxidation sites excluding steroid dienone is 1. The van der Waals surface area contributed by atoms with Crippen LogP contribution in [0.4, 0.5) is 8.78 Å². The maximum atomic E-state index is 11.7. The average Bonchev–Trinajstić information content (AvgIpc) is 2.11. The van der Waals surface area contributed by atoms with E-state index in [4.69, 9.17) is 5.11 Å². The van der Waals surface area contributed by atoms with Gasteiger partial charge in [-0.25, -0.2) is 0 Å². The van der Waals surface area contributed by atoms with Crippen LogP contribution in [0.1, 0.15) is 20.3 Å². The van der Waals surface area contributed by atoms with Gasteiger partial charge in [0.15, 0.2) is 0 Å². The largest absolute Gasteiger partial charge is 0.392 e. The predicted molar refractivity (Wildman–Crippen MR) is 48.4 cm³/mol. The van der Waals surface area contributed by atoms with Crippen molar-refractivity contribution in [1.29, 1.82) is 0 Å². The normalized spacial score (nSPS) is 13.7. The molecule has 0 aliphatic carbocycles. The Morgan fingerprint density at radius 3 is 2.54 bits per heavy atom. The molecule has 0 bridgehead atoms. The number of rotatable bonds is 5. The maximum absolute atomic E-state index is 11.7. The zero-order valence-corrected chi connectivity index (χ0v) is 7.85. The van der Waals surface area contributed by atoms with Gasteiger partial charge in [-0.05, 0) is 18.9 Å². The summed E-state index contributed by atoms with van der Waals surface area (Å²) in [6.07, 6.45) is 3.66. The third-order valence-electron chi connectivity index (χ3n) is 1.57. The first-order valence-corrected chi connectivity index (χ1v) is 4.11. The second-order valence-corrected chi connectivity index (χ2v) is 2.69. The molecule has 0 unspecified atom stereocenters. The number of hydrogen-bond acceptors (Lipinski definition) is 2. The van der Waals surface area contributed by atoms with Gasteiger partial charge in [0.2, 0.25) is 0 Å². The van der Waals surface area contributed by atoms with Gasteiger partial charge in [0, 0.05) is 6.20 Å². The topological polar surface area (TPSA) is 32.3 Å². The van der Waals surface area contributed by atoms with E-state index in [1.54, 1.807) is 6.08 Å². The Hall–Kier alpha value is -0.900. The Bertz CT molecular complexity index is 200. The van der Waals surface area contributed by atoms with Crippen molar-refractivity contribution in [3.05, 3.63) is 23.4 Å². The molecule has 0 aromatic heterocycles. The molecule has 0 radical (unpaired) electrons. The highest BCUT2D eigenvalue weighted by atomic mass is 19.3. The van der Waals surface area contributed by atoms with Crippen LogP contribution in [-0.4, -0.2) is 18.3 Å². The molecule has 76 valence electrons. The van der Waals surface area contributed by atoms with Crippen molar-refractivity contribution in [2.75, 3.05) is 6.61 Å². The Kier molecular flexibility index (Phi) is 6.14. The van der Waals surface area contributed by atoms with E-state index in [2.05, 4.69) is 0 Å². The van der Waals surface area contributed by atoms with Gasteiger partial charge >= 0.3 is 6.55 Å². The minimum absolute atomic E-state index is 0.239. The van der Waals surface area contributed by atoms with Gasteiger partial charge < -0.3 is 10.4 Å². The molecule has 2 nitrogen and oxygen atoms in total. The molecule has 0 amide bonds. The van der Waals surface area contributed by atoms with Gasteiger partial charge in [-0.15, -0.1) is 0 Å². The number of nitrogens with one attached hydrogen (secondary N) is 1. The third-order valence-corrected chi connectivity index (χ3v) is 1.57. The van der Waals surface area contributed by atoms with E-state index in [1.165, 1.54) is 0 Å². The van der Waals surface area contributed by atoms with Gasteiger partial charge in [0.25, 0.3) is 0 Å². The Morgan fingerprint density at radius 2 is 2.15 bits per heavy atom. The standard InChI is InChI=1S/C9H15F2NO/c1-3-7(2)4-8(6-13)5-12-9(10)11/h4-5,9,12-13H,3,6H2,1-2H3/b7-4+,8-5+.